The first kappa shape index (κ1) is 11.3. The highest BCUT2D eigenvalue weighted by Crippen LogP contribution is 2.08. The lowest BCUT2D eigenvalue weighted by Gasteiger charge is -2.06. The minimum Gasteiger partial charge on any atom is -0.492 e. The van der Waals surface area contributed by atoms with Crippen LogP contribution in [0.15, 0.2) is 48.8 Å². The lowest BCUT2D eigenvalue weighted by molar-refractivity contribution is 0.0697. The molecule has 0 amide bonds. The highest BCUT2D eigenvalue weighted by atomic mass is 16.5. The molecule has 0 spiro atoms. The van der Waals surface area contributed by atoms with Gasteiger partial charge in [0.05, 0.1) is 12.1 Å². The van der Waals surface area contributed by atoms with Gasteiger partial charge in [-0.3, -0.25) is 0 Å². The lowest BCUT2D eigenvalue weighted by atomic mass is 10.3. The van der Waals surface area contributed by atoms with Gasteiger partial charge in [0.25, 0.3) is 0 Å². The maximum absolute atomic E-state index is 10.7. The first-order valence-electron chi connectivity index (χ1n) is 5.32. The third kappa shape index (κ3) is 3.11. The van der Waals surface area contributed by atoms with Gasteiger partial charge in [0, 0.05) is 12.4 Å². The molecule has 4 nitrogen and oxygen atoms in total. The Bertz CT molecular complexity index is 490. The maximum atomic E-state index is 10.7. The summed E-state index contributed by atoms with van der Waals surface area (Å²) in [4.78, 5) is 10.7. The molecule has 0 bridgehead atoms. The van der Waals surface area contributed by atoms with E-state index in [4.69, 9.17) is 9.84 Å². The average molecular weight is 231 g/mol. The van der Waals surface area contributed by atoms with Crippen molar-refractivity contribution in [1.82, 2.24) is 4.57 Å². The van der Waals surface area contributed by atoms with Crippen LogP contribution >= 0.6 is 0 Å². The molecule has 1 aromatic heterocycles. The monoisotopic (exact) mass is 231 g/mol. The quantitative estimate of drug-likeness (QED) is 0.858. The molecular formula is C13H13NO3. The van der Waals surface area contributed by atoms with Gasteiger partial charge in [0.1, 0.15) is 12.4 Å². The van der Waals surface area contributed by atoms with Crippen molar-refractivity contribution in [3.05, 3.63) is 54.4 Å². The van der Waals surface area contributed by atoms with Gasteiger partial charge in [-0.2, -0.15) is 0 Å². The van der Waals surface area contributed by atoms with Crippen molar-refractivity contribution >= 4 is 5.97 Å². The summed E-state index contributed by atoms with van der Waals surface area (Å²) in [7, 11) is 0. The van der Waals surface area contributed by atoms with Crippen LogP contribution < -0.4 is 4.74 Å². The third-order valence-electron chi connectivity index (χ3n) is 2.36. The van der Waals surface area contributed by atoms with Crippen molar-refractivity contribution < 1.29 is 14.6 Å². The first-order valence-corrected chi connectivity index (χ1v) is 5.32. The van der Waals surface area contributed by atoms with Crippen molar-refractivity contribution in [1.29, 1.82) is 0 Å². The number of carbonyl (C=O) groups is 1. The highest BCUT2D eigenvalue weighted by molar-refractivity contribution is 5.87. The minimum atomic E-state index is -0.910. The molecule has 0 unspecified atom stereocenters. The fourth-order valence-corrected chi connectivity index (χ4v) is 1.49. The van der Waals surface area contributed by atoms with E-state index in [1.807, 2.05) is 30.3 Å². The fraction of sp³-hybridized carbons (Fsp3) is 0.154. The zero-order chi connectivity index (χ0) is 12.1. The van der Waals surface area contributed by atoms with Crippen LogP contribution in [0, 0.1) is 0 Å². The molecule has 17 heavy (non-hydrogen) atoms. The van der Waals surface area contributed by atoms with E-state index >= 15 is 0 Å². The van der Waals surface area contributed by atoms with Crippen LogP contribution in [0.25, 0.3) is 0 Å². The summed E-state index contributed by atoms with van der Waals surface area (Å²) in [6.45, 7) is 1.14. The number of hydrogen-bond donors (Lipinski definition) is 1. The van der Waals surface area contributed by atoms with E-state index < -0.39 is 5.97 Å². The van der Waals surface area contributed by atoms with Crippen LogP contribution in [-0.4, -0.2) is 22.2 Å². The van der Waals surface area contributed by atoms with E-state index in [1.165, 1.54) is 0 Å². The summed E-state index contributed by atoms with van der Waals surface area (Å²) in [5.41, 5.74) is 0.296. The Morgan fingerprint density at radius 1 is 1.24 bits per heavy atom. The number of carboxylic acids is 1. The molecule has 0 aliphatic heterocycles. The molecule has 0 radical (unpaired) electrons. The van der Waals surface area contributed by atoms with Crippen molar-refractivity contribution in [2.75, 3.05) is 6.61 Å². The van der Waals surface area contributed by atoms with Gasteiger partial charge in [-0.15, -0.1) is 0 Å². The van der Waals surface area contributed by atoms with Gasteiger partial charge in [-0.25, -0.2) is 4.79 Å². The number of rotatable bonds is 5. The van der Waals surface area contributed by atoms with E-state index in [0.29, 0.717) is 18.7 Å². The number of nitrogens with zero attached hydrogens (tertiary/aromatic N) is 1. The first-order chi connectivity index (χ1) is 8.25. The molecule has 4 heteroatoms. The summed E-state index contributed by atoms with van der Waals surface area (Å²) in [5, 5.41) is 8.76. The molecule has 1 N–H and O–H groups in total. The van der Waals surface area contributed by atoms with Crippen LogP contribution in [0.3, 0.4) is 0 Å². The molecule has 0 saturated carbocycles. The Kier molecular flexibility index (Phi) is 3.45. The van der Waals surface area contributed by atoms with Crippen LogP contribution in [0.5, 0.6) is 5.75 Å². The summed E-state index contributed by atoms with van der Waals surface area (Å²) in [6, 6.07) is 11.1. The number of aromatic nitrogens is 1. The van der Waals surface area contributed by atoms with Gasteiger partial charge >= 0.3 is 5.97 Å². The molecule has 1 aromatic carbocycles. The van der Waals surface area contributed by atoms with Crippen LogP contribution in [0.1, 0.15) is 10.4 Å². The summed E-state index contributed by atoms with van der Waals surface area (Å²) in [6.07, 6.45) is 3.33. The van der Waals surface area contributed by atoms with Crippen molar-refractivity contribution in [3.63, 3.8) is 0 Å². The summed E-state index contributed by atoms with van der Waals surface area (Å²) < 4.78 is 7.31. The molecule has 0 aliphatic rings. The highest BCUT2D eigenvalue weighted by Gasteiger charge is 2.03. The zero-order valence-electron chi connectivity index (χ0n) is 9.24. The normalized spacial score (nSPS) is 10.1. The Morgan fingerprint density at radius 2 is 2.00 bits per heavy atom. The SMILES string of the molecule is O=C(O)c1ccn(CCOc2ccccc2)c1. The molecular weight excluding hydrogens is 218 g/mol. The smallest absolute Gasteiger partial charge is 0.337 e. The number of carboxylic acid groups (broad SMARTS) is 1. The third-order valence-corrected chi connectivity index (χ3v) is 2.36. The van der Waals surface area contributed by atoms with E-state index in [-0.39, 0.29) is 0 Å². The molecule has 0 atom stereocenters. The summed E-state index contributed by atoms with van der Waals surface area (Å²) in [5.74, 6) is -0.0918. The molecule has 0 saturated heterocycles. The van der Waals surface area contributed by atoms with Crippen molar-refractivity contribution in [3.8, 4) is 5.75 Å². The van der Waals surface area contributed by atoms with E-state index in [0.717, 1.165) is 5.75 Å². The second-order valence-corrected chi connectivity index (χ2v) is 3.60. The van der Waals surface area contributed by atoms with E-state index in [2.05, 4.69) is 0 Å². The van der Waals surface area contributed by atoms with Gasteiger partial charge in [-0.05, 0) is 18.2 Å². The average Bonchev–Trinajstić information content (AvgIpc) is 2.79. The van der Waals surface area contributed by atoms with Crippen LogP contribution in [0.4, 0.5) is 0 Å². The lowest BCUT2D eigenvalue weighted by Crippen LogP contribution is -2.06. The second-order valence-electron chi connectivity index (χ2n) is 3.60. The van der Waals surface area contributed by atoms with E-state index in [9.17, 15) is 4.79 Å². The molecule has 88 valence electrons. The van der Waals surface area contributed by atoms with Crippen molar-refractivity contribution in [2.45, 2.75) is 6.54 Å². The Labute approximate surface area is 99.1 Å². The topological polar surface area (TPSA) is 51.5 Å². The van der Waals surface area contributed by atoms with Crippen molar-refractivity contribution in [2.24, 2.45) is 0 Å². The number of para-hydroxylation sites is 1. The maximum Gasteiger partial charge on any atom is 0.337 e. The van der Waals surface area contributed by atoms with Gasteiger partial charge in [-0.1, -0.05) is 18.2 Å². The number of benzene rings is 1. The predicted molar refractivity (Wildman–Crippen MR) is 63.3 cm³/mol. The molecule has 2 aromatic rings. The Morgan fingerprint density at radius 3 is 2.65 bits per heavy atom. The molecule has 1 heterocycles. The molecule has 2 rings (SSSR count). The Balaban J connectivity index is 1.84. The predicted octanol–water partition coefficient (Wildman–Crippen LogP) is 2.27. The molecule has 0 aliphatic carbocycles. The number of hydrogen-bond acceptors (Lipinski definition) is 2. The number of aromatic carboxylic acids is 1. The largest absolute Gasteiger partial charge is 0.492 e. The second kappa shape index (κ2) is 5.21. The standard InChI is InChI=1S/C13H13NO3/c15-13(16)11-6-7-14(10-11)8-9-17-12-4-2-1-3-5-12/h1-7,10H,8-9H2,(H,15,16). The van der Waals surface area contributed by atoms with Crippen LogP contribution in [0.2, 0.25) is 0 Å². The Hall–Kier alpha value is -2.23. The fourth-order valence-electron chi connectivity index (χ4n) is 1.49. The minimum absolute atomic E-state index is 0.296. The van der Waals surface area contributed by atoms with Gasteiger partial charge in [0.2, 0.25) is 0 Å². The van der Waals surface area contributed by atoms with Gasteiger partial charge in [0.15, 0.2) is 0 Å². The van der Waals surface area contributed by atoms with E-state index in [1.54, 1.807) is 23.0 Å². The zero-order valence-corrected chi connectivity index (χ0v) is 9.24. The van der Waals surface area contributed by atoms with Crippen LogP contribution in [-0.2, 0) is 6.54 Å². The molecule has 0 fully saturated rings. The van der Waals surface area contributed by atoms with Gasteiger partial charge < -0.3 is 14.4 Å². The summed E-state index contributed by atoms with van der Waals surface area (Å²) >= 11 is 0. The number of ether oxygens (including phenoxy) is 1.